The molecule has 0 saturated carbocycles. The molecule has 166 valence electrons. The van der Waals surface area contributed by atoms with Crippen LogP contribution in [0.15, 0.2) is 42.5 Å². The maximum absolute atomic E-state index is 6.43. The fraction of sp³-hybridized carbons (Fsp3) is 0.520. The quantitative estimate of drug-likeness (QED) is 0.429. The van der Waals surface area contributed by atoms with Gasteiger partial charge in [-0.25, -0.2) is 0 Å². The van der Waals surface area contributed by atoms with E-state index in [9.17, 15) is 0 Å². The van der Waals surface area contributed by atoms with E-state index in [1.807, 2.05) is 21.0 Å². The molecule has 2 aromatic carbocycles. The highest BCUT2D eigenvalue weighted by Crippen LogP contribution is 2.37. The third kappa shape index (κ3) is 5.89. The van der Waals surface area contributed by atoms with Gasteiger partial charge in [0.25, 0.3) is 0 Å². The first kappa shape index (κ1) is 24.0. The van der Waals surface area contributed by atoms with Crippen LogP contribution >= 0.6 is 0 Å². The highest BCUT2D eigenvalue weighted by Gasteiger charge is 2.24. The molecule has 0 N–H and O–H groups in total. The topological polar surface area (TPSA) is 34.2 Å². The number of nitrogens with zero attached hydrogens (tertiary/aromatic N) is 2. The molecule has 0 aliphatic rings. The third-order valence-corrected chi connectivity index (χ3v) is 5.30. The van der Waals surface area contributed by atoms with Crippen molar-refractivity contribution in [2.24, 2.45) is 0 Å². The lowest BCUT2D eigenvalue weighted by Crippen LogP contribution is -2.22. The van der Waals surface area contributed by atoms with Gasteiger partial charge in [-0.05, 0) is 51.0 Å². The van der Waals surface area contributed by atoms with Gasteiger partial charge >= 0.3 is 0 Å². The smallest absolute Gasteiger partial charge is 0.158 e. The SMILES string of the molecule is CCOc1cc(N(CC)CC)ccc1C(OC(CC)OC)c1ccc(N(C)C)cc1. The van der Waals surface area contributed by atoms with Crippen LogP contribution in [0.1, 0.15) is 51.3 Å². The van der Waals surface area contributed by atoms with E-state index in [0.717, 1.165) is 47.8 Å². The molecule has 30 heavy (non-hydrogen) atoms. The monoisotopic (exact) mass is 414 g/mol. The predicted molar refractivity (Wildman–Crippen MR) is 126 cm³/mol. The second kappa shape index (κ2) is 11.8. The van der Waals surface area contributed by atoms with Crippen LogP contribution in [0.25, 0.3) is 0 Å². The van der Waals surface area contributed by atoms with Gasteiger partial charge in [-0.3, -0.25) is 0 Å². The predicted octanol–water partition coefficient (Wildman–Crippen LogP) is 5.49. The first-order chi connectivity index (χ1) is 14.5. The van der Waals surface area contributed by atoms with Gasteiger partial charge in [-0.1, -0.05) is 25.1 Å². The molecule has 0 radical (unpaired) electrons. The van der Waals surface area contributed by atoms with Crippen LogP contribution in [-0.4, -0.2) is 47.2 Å². The summed E-state index contributed by atoms with van der Waals surface area (Å²) in [5.41, 5.74) is 4.40. The summed E-state index contributed by atoms with van der Waals surface area (Å²) >= 11 is 0. The Bertz CT molecular complexity index is 753. The lowest BCUT2D eigenvalue weighted by molar-refractivity contribution is -0.148. The summed E-state index contributed by atoms with van der Waals surface area (Å²) in [6.07, 6.45) is 0.198. The van der Waals surface area contributed by atoms with Crippen molar-refractivity contribution in [1.82, 2.24) is 0 Å². The first-order valence-corrected chi connectivity index (χ1v) is 11.0. The lowest BCUT2D eigenvalue weighted by Gasteiger charge is -2.28. The summed E-state index contributed by atoms with van der Waals surface area (Å²) in [4.78, 5) is 4.41. The average Bonchev–Trinajstić information content (AvgIpc) is 2.76. The van der Waals surface area contributed by atoms with Crippen LogP contribution in [0.5, 0.6) is 5.75 Å². The minimum absolute atomic E-state index is 0.279. The van der Waals surface area contributed by atoms with Gasteiger partial charge < -0.3 is 24.0 Å². The van der Waals surface area contributed by atoms with E-state index in [-0.39, 0.29) is 12.4 Å². The van der Waals surface area contributed by atoms with Crippen molar-refractivity contribution in [3.05, 3.63) is 53.6 Å². The van der Waals surface area contributed by atoms with Gasteiger partial charge in [-0.15, -0.1) is 0 Å². The molecular weight excluding hydrogens is 376 g/mol. The summed E-state index contributed by atoms with van der Waals surface area (Å²) < 4.78 is 18.1. The van der Waals surface area contributed by atoms with Crippen LogP contribution in [0.2, 0.25) is 0 Å². The normalized spacial score (nSPS) is 13.0. The minimum Gasteiger partial charge on any atom is -0.493 e. The number of benzene rings is 2. The van der Waals surface area contributed by atoms with Crippen LogP contribution in [0.4, 0.5) is 11.4 Å². The number of hydrogen-bond donors (Lipinski definition) is 0. The van der Waals surface area contributed by atoms with E-state index >= 15 is 0 Å². The van der Waals surface area contributed by atoms with Crippen molar-refractivity contribution in [2.45, 2.75) is 46.5 Å². The van der Waals surface area contributed by atoms with Gasteiger partial charge in [0.05, 0.1) is 6.61 Å². The molecule has 0 bridgehead atoms. The highest BCUT2D eigenvalue weighted by atomic mass is 16.7. The van der Waals surface area contributed by atoms with Gasteiger partial charge in [-0.2, -0.15) is 0 Å². The Morgan fingerprint density at radius 1 is 0.867 bits per heavy atom. The van der Waals surface area contributed by atoms with Gasteiger partial charge in [0.2, 0.25) is 0 Å². The zero-order chi connectivity index (χ0) is 22.1. The van der Waals surface area contributed by atoms with Gasteiger partial charge in [0.15, 0.2) is 6.29 Å². The van der Waals surface area contributed by atoms with Crippen LogP contribution in [0.3, 0.4) is 0 Å². The van der Waals surface area contributed by atoms with Crippen molar-refractivity contribution < 1.29 is 14.2 Å². The Hall–Kier alpha value is -2.24. The van der Waals surface area contributed by atoms with Crippen molar-refractivity contribution >= 4 is 11.4 Å². The van der Waals surface area contributed by atoms with Crippen molar-refractivity contribution in [3.8, 4) is 5.75 Å². The molecule has 0 aliphatic carbocycles. The number of hydrogen-bond acceptors (Lipinski definition) is 5. The maximum Gasteiger partial charge on any atom is 0.158 e. The molecule has 0 spiro atoms. The Morgan fingerprint density at radius 3 is 2.00 bits per heavy atom. The van der Waals surface area contributed by atoms with Crippen LogP contribution < -0.4 is 14.5 Å². The molecule has 0 saturated heterocycles. The molecular formula is C25H38N2O3. The Balaban J connectivity index is 2.53. The van der Waals surface area contributed by atoms with E-state index in [4.69, 9.17) is 14.2 Å². The summed E-state index contributed by atoms with van der Waals surface area (Å²) in [6, 6.07) is 14.9. The number of rotatable bonds is 12. The molecule has 0 aromatic heterocycles. The molecule has 2 aromatic rings. The first-order valence-electron chi connectivity index (χ1n) is 11.0. The minimum atomic E-state index is -0.291. The zero-order valence-corrected chi connectivity index (χ0v) is 19.6. The van der Waals surface area contributed by atoms with Crippen molar-refractivity contribution in [2.75, 3.05) is 50.7 Å². The second-order valence-electron chi connectivity index (χ2n) is 7.40. The van der Waals surface area contributed by atoms with Crippen LogP contribution in [0, 0.1) is 0 Å². The van der Waals surface area contributed by atoms with Gasteiger partial charge in [0, 0.05) is 57.3 Å². The van der Waals surface area contributed by atoms with Crippen molar-refractivity contribution in [3.63, 3.8) is 0 Å². The molecule has 0 fully saturated rings. The van der Waals surface area contributed by atoms with E-state index < -0.39 is 0 Å². The third-order valence-electron chi connectivity index (χ3n) is 5.30. The largest absolute Gasteiger partial charge is 0.493 e. The molecule has 0 aliphatic heterocycles. The zero-order valence-electron chi connectivity index (χ0n) is 19.6. The Kier molecular flexibility index (Phi) is 9.47. The van der Waals surface area contributed by atoms with E-state index in [0.29, 0.717) is 6.61 Å². The molecule has 5 nitrogen and oxygen atoms in total. The summed E-state index contributed by atoms with van der Waals surface area (Å²) in [7, 11) is 5.77. The molecule has 2 atom stereocenters. The van der Waals surface area contributed by atoms with E-state index in [1.54, 1.807) is 7.11 Å². The Morgan fingerprint density at radius 2 is 1.50 bits per heavy atom. The molecule has 2 unspecified atom stereocenters. The fourth-order valence-corrected chi connectivity index (χ4v) is 3.55. The number of methoxy groups -OCH3 is 1. The highest BCUT2D eigenvalue weighted by molar-refractivity contribution is 5.56. The standard InChI is InChI=1S/C25H38N2O3/c1-8-24(28-7)30-25(19-12-14-20(15-13-19)26(5)6)22-17-16-21(27(9-2)10-3)18-23(22)29-11-4/h12-18,24-25H,8-11H2,1-7H3. The fourth-order valence-electron chi connectivity index (χ4n) is 3.55. The summed E-state index contributed by atoms with van der Waals surface area (Å²) in [5.74, 6) is 0.856. The molecule has 2 rings (SSSR count). The lowest BCUT2D eigenvalue weighted by atomic mass is 9.99. The number of anilines is 2. The second-order valence-corrected chi connectivity index (χ2v) is 7.40. The number of ether oxygens (including phenoxy) is 3. The van der Waals surface area contributed by atoms with E-state index in [1.165, 1.54) is 0 Å². The molecule has 0 heterocycles. The molecule has 0 amide bonds. The summed E-state index contributed by atoms with van der Waals surface area (Å²) in [5, 5.41) is 0. The maximum atomic E-state index is 6.43. The van der Waals surface area contributed by atoms with Crippen molar-refractivity contribution in [1.29, 1.82) is 0 Å². The average molecular weight is 415 g/mol. The summed E-state index contributed by atoms with van der Waals surface area (Å²) in [6.45, 7) is 10.9. The van der Waals surface area contributed by atoms with Gasteiger partial charge in [0.1, 0.15) is 11.9 Å². The Labute approximate surface area is 182 Å². The molecule has 5 heteroatoms. The van der Waals surface area contributed by atoms with E-state index in [2.05, 4.69) is 73.0 Å². The van der Waals surface area contributed by atoms with Crippen LogP contribution in [-0.2, 0) is 9.47 Å².